The van der Waals surface area contributed by atoms with E-state index in [2.05, 4.69) is 10.5 Å². The first-order chi connectivity index (χ1) is 14.4. The Labute approximate surface area is 171 Å². The second kappa shape index (κ2) is 9.30. The minimum atomic E-state index is -4.43. The summed E-state index contributed by atoms with van der Waals surface area (Å²) in [6.45, 7) is 2.60. The number of nitrogens with one attached hydrogen (secondary N) is 1. The molecule has 1 aromatic heterocycles. The van der Waals surface area contributed by atoms with E-state index in [1.807, 2.05) is 6.92 Å². The van der Waals surface area contributed by atoms with Crippen LogP contribution in [0.4, 0.5) is 13.2 Å². The zero-order chi connectivity index (χ0) is 21.6. The Kier molecular flexibility index (Phi) is 6.56. The highest BCUT2D eigenvalue weighted by Gasteiger charge is 2.30. The van der Waals surface area contributed by atoms with Crippen molar-refractivity contribution in [1.29, 1.82) is 0 Å². The molecule has 0 saturated carbocycles. The number of hydrogen-bond acceptors (Lipinski definition) is 4. The molecule has 0 saturated heterocycles. The molecule has 1 amide bonds. The van der Waals surface area contributed by atoms with Crippen LogP contribution in [-0.2, 0) is 6.18 Å². The predicted molar refractivity (Wildman–Crippen MR) is 106 cm³/mol. The van der Waals surface area contributed by atoms with Gasteiger partial charge in [-0.1, -0.05) is 19.1 Å². The van der Waals surface area contributed by atoms with Crippen molar-refractivity contribution >= 4 is 12.1 Å². The van der Waals surface area contributed by atoms with Gasteiger partial charge in [-0.25, -0.2) is 5.43 Å². The summed E-state index contributed by atoms with van der Waals surface area (Å²) in [5.74, 6) is 0.801. The molecular weight excluding hydrogens is 397 g/mol. The Bertz CT molecular complexity index is 1020. The van der Waals surface area contributed by atoms with Gasteiger partial charge in [0, 0.05) is 11.1 Å². The fourth-order valence-electron chi connectivity index (χ4n) is 2.57. The maximum atomic E-state index is 12.8. The number of amides is 1. The average Bonchev–Trinajstić information content (AvgIpc) is 3.21. The number of benzene rings is 2. The molecule has 0 bridgehead atoms. The third-order valence-electron chi connectivity index (χ3n) is 4.05. The second-order valence-electron chi connectivity index (χ2n) is 6.35. The van der Waals surface area contributed by atoms with Gasteiger partial charge in [-0.2, -0.15) is 18.3 Å². The number of carbonyl (C=O) groups is 1. The van der Waals surface area contributed by atoms with Gasteiger partial charge in [-0.15, -0.1) is 0 Å². The third-order valence-corrected chi connectivity index (χ3v) is 4.05. The Morgan fingerprint density at radius 2 is 1.90 bits per heavy atom. The van der Waals surface area contributed by atoms with E-state index >= 15 is 0 Å². The number of ether oxygens (including phenoxy) is 1. The number of hydrogen-bond donors (Lipinski definition) is 1. The van der Waals surface area contributed by atoms with E-state index in [-0.39, 0.29) is 11.5 Å². The lowest BCUT2D eigenvalue weighted by atomic mass is 10.1. The summed E-state index contributed by atoms with van der Waals surface area (Å²) in [7, 11) is 0. The maximum Gasteiger partial charge on any atom is 0.416 e. The van der Waals surface area contributed by atoms with Gasteiger partial charge in [-0.3, -0.25) is 4.79 Å². The van der Waals surface area contributed by atoms with Crippen LogP contribution in [0.3, 0.4) is 0 Å². The smallest absolute Gasteiger partial charge is 0.416 e. The number of nitrogens with zero attached hydrogens (tertiary/aromatic N) is 1. The van der Waals surface area contributed by atoms with Crippen molar-refractivity contribution in [2.75, 3.05) is 6.61 Å². The summed E-state index contributed by atoms with van der Waals surface area (Å²) in [6, 6.07) is 14.5. The molecule has 0 atom stereocenters. The molecule has 0 spiro atoms. The molecule has 0 aliphatic rings. The molecule has 8 heteroatoms. The van der Waals surface area contributed by atoms with Crippen LogP contribution >= 0.6 is 0 Å². The standard InChI is InChI=1S/C22H19F3N2O3/c1-2-12-29-18-8-6-15(7-9-18)21(28)27-26-14-19-10-11-20(30-19)16-4-3-5-17(13-16)22(23,24)25/h3-11,13-14H,2,12H2,1H3,(H,27,28)/b26-14-. The normalized spacial score (nSPS) is 11.6. The van der Waals surface area contributed by atoms with E-state index < -0.39 is 17.6 Å². The van der Waals surface area contributed by atoms with Crippen LogP contribution in [0, 0.1) is 0 Å². The van der Waals surface area contributed by atoms with Gasteiger partial charge in [-0.05, 0) is 55.0 Å². The zero-order valence-corrected chi connectivity index (χ0v) is 16.1. The van der Waals surface area contributed by atoms with Crippen molar-refractivity contribution in [3.63, 3.8) is 0 Å². The van der Waals surface area contributed by atoms with Crippen molar-refractivity contribution < 1.29 is 27.1 Å². The van der Waals surface area contributed by atoms with Crippen LogP contribution in [0.15, 0.2) is 70.2 Å². The predicted octanol–water partition coefficient (Wildman–Crippen LogP) is 5.52. The Morgan fingerprint density at radius 3 is 2.60 bits per heavy atom. The summed E-state index contributed by atoms with van der Waals surface area (Å²) >= 11 is 0. The largest absolute Gasteiger partial charge is 0.494 e. The minimum absolute atomic E-state index is 0.261. The molecule has 2 aromatic carbocycles. The average molecular weight is 416 g/mol. The van der Waals surface area contributed by atoms with Gasteiger partial charge in [0.1, 0.15) is 17.3 Å². The highest BCUT2D eigenvalue weighted by molar-refractivity contribution is 5.94. The summed E-state index contributed by atoms with van der Waals surface area (Å²) in [6.07, 6.45) is -2.27. The summed E-state index contributed by atoms with van der Waals surface area (Å²) in [5.41, 5.74) is 2.30. The number of carbonyl (C=O) groups excluding carboxylic acids is 1. The van der Waals surface area contributed by atoms with Gasteiger partial charge in [0.15, 0.2) is 0 Å². The van der Waals surface area contributed by atoms with Crippen molar-refractivity contribution in [2.45, 2.75) is 19.5 Å². The van der Waals surface area contributed by atoms with Crippen molar-refractivity contribution in [3.05, 3.63) is 77.6 Å². The SMILES string of the molecule is CCCOc1ccc(C(=O)N/N=C\c2ccc(-c3cccc(C(F)(F)F)c3)o2)cc1. The number of halogens is 3. The Morgan fingerprint density at radius 1 is 1.13 bits per heavy atom. The maximum absolute atomic E-state index is 12.8. The first-order valence-electron chi connectivity index (χ1n) is 9.20. The lowest BCUT2D eigenvalue weighted by molar-refractivity contribution is -0.137. The van der Waals surface area contributed by atoms with Gasteiger partial charge >= 0.3 is 6.18 Å². The molecule has 1 N–H and O–H groups in total. The highest BCUT2D eigenvalue weighted by Crippen LogP contribution is 2.32. The van der Waals surface area contributed by atoms with E-state index in [1.165, 1.54) is 24.4 Å². The first kappa shape index (κ1) is 21.2. The van der Waals surface area contributed by atoms with Crippen molar-refractivity contribution in [1.82, 2.24) is 5.43 Å². The van der Waals surface area contributed by atoms with Crippen LogP contribution in [-0.4, -0.2) is 18.7 Å². The molecule has 0 radical (unpaired) electrons. The quantitative estimate of drug-likeness (QED) is 0.408. The molecule has 0 aliphatic heterocycles. The van der Waals surface area contributed by atoms with Crippen LogP contribution in [0.5, 0.6) is 5.75 Å². The van der Waals surface area contributed by atoms with E-state index in [1.54, 1.807) is 30.3 Å². The zero-order valence-electron chi connectivity index (χ0n) is 16.1. The summed E-state index contributed by atoms with van der Waals surface area (Å²) < 4.78 is 49.5. The lowest BCUT2D eigenvalue weighted by Gasteiger charge is -2.07. The number of alkyl halides is 3. The lowest BCUT2D eigenvalue weighted by Crippen LogP contribution is -2.17. The van der Waals surface area contributed by atoms with Gasteiger partial charge in [0.2, 0.25) is 0 Å². The number of furan rings is 1. The van der Waals surface area contributed by atoms with Crippen molar-refractivity contribution in [3.8, 4) is 17.1 Å². The van der Waals surface area contributed by atoms with E-state index in [0.717, 1.165) is 18.6 Å². The minimum Gasteiger partial charge on any atom is -0.494 e. The van der Waals surface area contributed by atoms with Gasteiger partial charge in [0.25, 0.3) is 5.91 Å². The molecule has 156 valence electrons. The van der Waals surface area contributed by atoms with Gasteiger partial charge < -0.3 is 9.15 Å². The second-order valence-corrected chi connectivity index (χ2v) is 6.35. The van der Waals surface area contributed by atoms with Crippen LogP contribution in [0.2, 0.25) is 0 Å². The number of hydrazone groups is 1. The molecule has 5 nitrogen and oxygen atoms in total. The number of rotatable bonds is 7. The van der Waals surface area contributed by atoms with Crippen LogP contribution in [0.1, 0.15) is 35.0 Å². The molecule has 0 unspecified atom stereocenters. The first-order valence-corrected chi connectivity index (χ1v) is 9.20. The van der Waals surface area contributed by atoms with E-state index in [9.17, 15) is 18.0 Å². The fraction of sp³-hybridized carbons (Fsp3) is 0.182. The topological polar surface area (TPSA) is 63.8 Å². The Hall–Kier alpha value is -3.55. The van der Waals surface area contributed by atoms with Crippen molar-refractivity contribution in [2.24, 2.45) is 5.10 Å². The Balaban J connectivity index is 1.61. The van der Waals surface area contributed by atoms with Crippen LogP contribution < -0.4 is 10.2 Å². The van der Waals surface area contributed by atoms with Crippen LogP contribution in [0.25, 0.3) is 11.3 Å². The molecule has 0 fully saturated rings. The molecule has 30 heavy (non-hydrogen) atoms. The van der Waals surface area contributed by atoms with E-state index in [4.69, 9.17) is 9.15 Å². The third kappa shape index (κ3) is 5.50. The summed E-state index contributed by atoms with van der Waals surface area (Å²) in [5, 5.41) is 3.82. The van der Waals surface area contributed by atoms with E-state index in [0.29, 0.717) is 23.5 Å². The molecule has 3 rings (SSSR count). The molecule has 0 aliphatic carbocycles. The van der Waals surface area contributed by atoms with Gasteiger partial charge in [0.05, 0.1) is 18.4 Å². The molecular formula is C22H19F3N2O3. The molecule has 3 aromatic rings. The monoisotopic (exact) mass is 416 g/mol. The summed E-state index contributed by atoms with van der Waals surface area (Å²) in [4.78, 5) is 12.1. The fourth-order valence-corrected chi connectivity index (χ4v) is 2.57. The molecule has 1 heterocycles. The highest BCUT2D eigenvalue weighted by atomic mass is 19.4.